The molecule has 2 heterocycles. The predicted octanol–water partition coefficient (Wildman–Crippen LogP) is 1.93. The maximum atomic E-state index is 11.4. The molecule has 0 bridgehead atoms. The van der Waals surface area contributed by atoms with Crippen LogP contribution in [0.4, 0.5) is 4.79 Å². The Bertz CT molecular complexity index is 534. The number of alkyl carbamates (subject to hydrolysis) is 1. The molecule has 1 aliphatic heterocycles. The van der Waals surface area contributed by atoms with Crippen molar-refractivity contribution in [3.63, 3.8) is 0 Å². The van der Waals surface area contributed by atoms with Crippen molar-refractivity contribution in [2.24, 2.45) is 0 Å². The lowest BCUT2D eigenvalue weighted by Crippen LogP contribution is -2.26. The number of amides is 1. The quantitative estimate of drug-likeness (QED) is 0.806. The van der Waals surface area contributed by atoms with Crippen molar-refractivity contribution in [3.8, 4) is 0 Å². The molecule has 6 nitrogen and oxygen atoms in total. The van der Waals surface area contributed by atoms with Crippen LogP contribution >= 0.6 is 0 Å². The molecule has 20 heavy (non-hydrogen) atoms. The van der Waals surface area contributed by atoms with Crippen molar-refractivity contribution in [2.75, 3.05) is 6.61 Å². The minimum Gasteiger partial charge on any atom is -0.478 e. The number of aromatic carboxylic acids is 1. The summed E-state index contributed by atoms with van der Waals surface area (Å²) in [4.78, 5) is 22.6. The second-order valence-corrected chi connectivity index (χ2v) is 4.65. The third-order valence-corrected chi connectivity index (χ3v) is 3.32. The highest BCUT2D eigenvalue weighted by molar-refractivity contribution is 5.89. The molecule has 6 heteroatoms. The molecular formula is C14H18N2O4. The maximum absolute atomic E-state index is 11.4. The van der Waals surface area contributed by atoms with Crippen molar-refractivity contribution < 1.29 is 19.4 Å². The topological polar surface area (TPSA) is 80.6 Å². The molecule has 1 aromatic rings. The highest BCUT2D eigenvalue weighted by atomic mass is 16.5. The van der Waals surface area contributed by atoms with Gasteiger partial charge in [-0.25, -0.2) is 9.59 Å². The van der Waals surface area contributed by atoms with Gasteiger partial charge in [-0.1, -0.05) is 12.7 Å². The zero-order valence-corrected chi connectivity index (χ0v) is 11.2. The number of carbonyl (C=O) groups excluding carboxylic acids is 1. The van der Waals surface area contributed by atoms with Gasteiger partial charge in [-0.05, 0) is 25.3 Å². The number of hydrogen-bond acceptors (Lipinski definition) is 3. The second-order valence-electron chi connectivity index (χ2n) is 4.65. The van der Waals surface area contributed by atoms with Crippen molar-refractivity contribution in [1.29, 1.82) is 0 Å². The summed E-state index contributed by atoms with van der Waals surface area (Å²) >= 11 is 0. The lowest BCUT2D eigenvalue weighted by molar-refractivity contribution is 0.0695. The number of hydrogen-bond donors (Lipinski definition) is 2. The summed E-state index contributed by atoms with van der Waals surface area (Å²) in [5, 5.41) is 11.8. The van der Waals surface area contributed by atoms with E-state index in [0.717, 1.165) is 37.2 Å². The molecule has 2 rings (SSSR count). The van der Waals surface area contributed by atoms with Crippen molar-refractivity contribution in [3.05, 3.63) is 35.7 Å². The van der Waals surface area contributed by atoms with Gasteiger partial charge in [0.25, 0.3) is 0 Å². The fourth-order valence-electron chi connectivity index (χ4n) is 2.44. The zero-order chi connectivity index (χ0) is 14.5. The van der Waals surface area contributed by atoms with Crippen LogP contribution in [0.1, 0.15) is 34.6 Å². The van der Waals surface area contributed by atoms with E-state index >= 15 is 0 Å². The number of nitrogens with zero attached hydrogens (tertiary/aromatic N) is 1. The highest BCUT2D eigenvalue weighted by Gasteiger charge is 2.22. The van der Waals surface area contributed by atoms with Crippen LogP contribution in [0.15, 0.2) is 18.7 Å². The molecular weight excluding hydrogens is 260 g/mol. The molecule has 0 atom stereocenters. The average Bonchev–Trinajstić information content (AvgIpc) is 2.82. The summed E-state index contributed by atoms with van der Waals surface area (Å²) in [6.07, 6.45) is 3.74. The predicted molar refractivity (Wildman–Crippen MR) is 72.7 cm³/mol. The van der Waals surface area contributed by atoms with Gasteiger partial charge in [-0.2, -0.15) is 0 Å². The van der Waals surface area contributed by atoms with Gasteiger partial charge in [0.05, 0.1) is 12.1 Å². The van der Waals surface area contributed by atoms with Gasteiger partial charge < -0.3 is 19.7 Å². The normalized spacial score (nSPS) is 13.4. The van der Waals surface area contributed by atoms with E-state index in [1.807, 2.05) is 4.57 Å². The maximum Gasteiger partial charge on any atom is 0.407 e. The number of fused-ring (bicyclic) bond motifs is 1. The monoisotopic (exact) mass is 278 g/mol. The second kappa shape index (κ2) is 6.27. The van der Waals surface area contributed by atoms with Gasteiger partial charge in [-0.3, -0.25) is 0 Å². The Labute approximate surface area is 117 Å². The SMILES string of the molecule is C=CCOC(=O)NCc1cc(C(=O)O)c2n1CCCC2. The minimum atomic E-state index is -0.920. The number of carbonyl (C=O) groups is 2. The van der Waals surface area contributed by atoms with Crippen LogP contribution < -0.4 is 5.32 Å². The van der Waals surface area contributed by atoms with Gasteiger partial charge in [0.15, 0.2) is 0 Å². The Balaban J connectivity index is 2.10. The number of rotatable bonds is 5. The summed E-state index contributed by atoms with van der Waals surface area (Å²) in [5.74, 6) is -0.920. The van der Waals surface area contributed by atoms with E-state index in [0.29, 0.717) is 5.56 Å². The van der Waals surface area contributed by atoms with Crippen molar-refractivity contribution in [1.82, 2.24) is 9.88 Å². The Hall–Kier alpha value is -2.24. The first-order chi connectivity index (χ1) is 9.63. The molecule has 0 radical (unpaired) electrons. The molecule has 0 saturated heterocycles. The third kappa shape index (κ3) is 3.01. The number of carboxylic acid groups (broad SMARTS) is 1. The molecule has 108 valence electrons. The Kier molecular flexibility index (Phi) is 4.45. The fourth-order valence-corrected chi connectivity index (χ4v) is 2.44. The van der Waals surface area contributed by atoms with Crippen LogP contribution in [0.25, 0.3) is 0 Å². The standard InChI is InChI=1S/C14H18N2O4/c1-2-7-20-14(19)15-9-10-8-11(13(17)18)12-5-3-4-6-16(10)12/h2,8H,1,3-7,9H2,(H,15,19)(H,17,18). The summed E-state index contributed by atoms with van der Waals surface area (Å²) in [6.45, 7) is 4.66. The molecule has 0 fully saturated rings. The van der Waals surface area contributed by atoms with E-state index in [2.05, 4.69) is 11.9 Å². The van der Waals surface area contributed by atoms with Crippen molar-refractivity contribution in [2.45, 2.75) is 32.4 Å². The van der Waals surface area contributed by atoms with Crippen LogP contribution in [0.5, 0.6) is 0 Å². The number of ether oxygens (including phenoxy) is 1. The molecule has 0 aromatic carbocycles. The summed E-state index contributed by atoms with van der Waals surface area (Å²) in [5.41, 5.74) is 1.98. The molecule has 0 aliphatic carbocycles. The molecule has 0 saturated carbocycles. The molecule has 2 N–H and O–H groups in total. The summed E-state index contributed by atoms with van der Waals surface area (Å²) in [6, 6.07) is 1.64. The van der Waals surface area contributed by atoms with Crippen molar-refractivity contribution >= 4 is 12.1 Å². The van der Waals surface area contributed by atoms with E-state index < -0.39 is 12.1 Å². The lowest BCUT2D eigenvalue weighted by Gasteiger charge is -2.18. The lowest BCUT2D eigenvalue weighted by atomic mass is 10.1. The first kappa shape index (κ1) is 14.2. The van der Waals surface area contributed by atoms with Gasteiger partial charge in [0, 0.05) is 17.9 Å². The average molecular weight is 278 g/mol. The molecule has 1 amide bonds. The first-order valence-electron chi connectivity index (χ1n) is 6.59. The molecule has 0 spiro atoms. The summed E-state index contributed by atoms with van der Waals surface area (Å²) in [7, 11) is 0. The van der Waals surface area contributed by atoms with E-state index in [1.165, 1.54) is 6.08 Å². The van der Waals surface area contributed by atoms with Crippen LogP contribution in [0.3, 0.4) is 0 Å². The van der Waals surface area contributed by atoms with Gasteiger partial charge in [0.2, 0.25) is 0 Å². The van der Waals surface area contributed by atoms with E-state index in [1.54, 1.807) is 6.07 Å². The van der Waals surface area contributed by atoms with Crippen LogP contribution in [-0.2, 0) is 24.2 Å². The van der Waals surface area contributed by atoms with Gasteiger partial charge in [0.1, 0.15) is 6.61 Å². The number of aromatic nitrogens is 1. The van der Waals surface area contributed by atoms with Crippen LogP contribution in [0, 0.1) is 0 Å². The van der Waals surface area contributed by atoms with Gasteiger partial charge >= 0.3 is 12.1 Å². The minimum absolute atomic E-state index is 0.151. The number of nitrogens with one attached hydrogen (secondary N) is 1. The highest BCUT2D eigenvalue weighted by Crippen LogP contribution is 2.23. The largest absolute Gasteiger partial charge is 0.478 e. The van der Waals surface area contributed by atoms with Crippen LogP contribution in [-0.4, -0.2) is 28.3 Å². The first-order valence-corrected chi connectivity index (χ1v) is 6.59. The number of carboxylic acids is 1. The Morgan fingerprint density at radius 1 is 1.50 bits per heavy atom. The fraction of sp³-hybridized carbons (Fsp3) is 0.429. The van der Waals surface area contributed by atoms with E-state index in [9.17, 15) is 14.7 Å². The molecule has 1 aromatic heterocycles. The molecule has 0 unspecified atom stereocenters. The van der Waals surface area contributed by atoms with Gasteiger partial charge in [-0.15, -0.1) is 0 Å². The van der Waals surface area contributed by atoms with E-state index in [-0.39, 0.29) is 13.2 Å². The smallest absolute Gasteiger partial charge is 0.407 e. The third-order valence-electron chi connectivity index (χ3n) is 3.32. The van der Waals surface area contributed by atoms with E-state index in [4.69, 9.17) is 4.74 Å². The zero-order valence-electron chi connectivity index (χ0n) is 11.2. The Morgan fingerprint density at radius 2 is 2.30 bits per heavy atom. The summed E-state index contributed by atoms with van der Waals surface area (Å²) < 4.78 is 6.80. The Morgan fingerprint density at radius 3 is 3.00 bits per heavy atom. The van der Waals surface area contributed by atoms with Crippen LogP contribution in [0.2, 0.25) is 0 Å². The molecule has 1 aliphatic rings.